The van der Waals surface area contributed by atoms with E-state index in [0.717, 1.165) is 17.5 Å². The van der Waals surface area contributed by atoms with Crippen LogP contribution in [0, 0.1) is 0 Å². The van der Waals surface area contributed by atoms with Crippen molar-refractivity contribution in [3.63, 3.8) is 0 Å². The van der Waals surface area contributed by atoms with Crippen LogP contribution in [-0.2, 0) is 4.79 Å². The van der Waals surface area contributed by atoms with Crippen LogP contribution in [-0.4, -0.2) is 41.4 Å². The number of hydrogen-bond donors (Lipinski definition) is 1. The topological polar surface area (TPSA) is 85.5 Å². The Morgan fingerprint density at radius 3 is 2.46 bits per heavy atom. The van der Waals surface area contributed by atoms with Crippen molar-refractivity contribution in [3.8, 4) is 17.0 Å². The molecule has 0 saturated carbocycles. The first-order chi connectivity index (χ1) is 11.6. The van der Waals surface area contributed by atoms with Gasteiger partial charge in [-0.15, -0.1) is 0 Å². The zero-order chi connectivity index (χ0) is 17.1. The van der Waals surface area contributed by atoms with E-state index in [2.05, 4.69) is 4.98 Å². The molecule has 1 aromatic heterocycles. The summed E-state index contributed by atoms with van der Waals surface area (Å²) in [7, 11) is 1.57. The fourth-order valence-electron chi connectivity index (χ4n) is 2.95. The van der Waals surface area contributed by atoms with E-state index in [-0.39, 0.29) is 5.91 Å². The van der Waals surface area contributed by atoms with Gasteiger partial charge < -0.3 is 15.4 Å². The van der Waals surface area contributed by atoms with E-state index >= 15 is 0 Å². The maximum atomic E-state index is 12.6. The number of nitrogens with zero attached hydrogens (tertiary/aromatic N) is 2. The second-order valence-electron chi connectivity index (χ2n) is 5.73. The average Bonchev–Trinajstić information content (AvgIpc) is 3.11. The summed E-state index contributed by atoms with van der Waals surface area (Å²) in [6.45, 7) is 0.566. The van der Waals surface area contributed by atoms with Crippen LogP contribution < -0.4 is 10.5 Å². The van der Waals surface area contributed by atoms with E-state index in [1.54, 1.807) is 36.4 Å². The SMILES string of the molecule is COc1ccc(-c2ccc(C(=O)N3CCC[C@H]3C(N)=O)cc2)cn1. The maximum Gasteiger partial charge on any atom is 0.254 e. The van der Waals surface area contributed by atoms with Crippen LogP contribution in [0.4, 0.5) is 0 Å². The quantitative estimate of drug-likeness (QED) is 0.929. The number of nitrogens with two attached hydrogens (primary N) is 1. The summed E-state index contributed by atoms with van der Waals surface area (Å²) in [4.78, 5) is 29.8. The molecule has 0 aliphatic carbocycles. The molecule has 1 saturated heterocycles. The molecule has 3 rings (SSSR count). The predicted octanol–water partition coefficient (Wildman–Crippen LogP) is 1.85. The average molecular weight is 325 g/mol. The molecule has 1 aromatic carbocycles. The molecule has 0 unspecified atom stereocenters. The Bertz CT molecular complexity index is 741. The van der Waals surface area contributed by atoms with Gasteiger partial charge in [0.05, 0.1) is 7.11 Å². The van der Waals surface area contributed by atoms with Crippen LogP contribution >= 0.6 is 0 Å². The third-order valence-electron chi connectivity index (χ3n) is 4.25. The number of hydrogen-bond acceptors (Lipinski definition) is 4. The van der Waals surface area contributed by atoms with Crippen LogP contribution in [0.3, 0.4) is 0 Å². The molecule has 2 N–H and O–H groups in total. The summed E-state index contributed by atoms with van der Waals surface area (Å²) in [6.07, 6.45) is 3.16. The Labute approximate surface area is 140 Å². The molecule has 1 aliphatic heterocycles. The Kier molecular flexibility index (Phi) is 4.46. The van der Waals surface area contributed by atoms with E-state index in [1.807, 2.05) is 18.2 Å². The fourth-order valence-corrected chi connectivity index (χ4v) is 2.95. The summed E-state index contributed by atoms with van der Waals surface area (Å²) >= 11 is 0. The van der Waals surface area contributed by atoms with E-state index < -0.39 is 11.9 Å². The van der Waals surface area contributed by atoms with E-state index in [1.165, 1.54) is 0 Å². The largest absolute Gasteiger partial charge is 0.481 e. The van der Waals surface area contributed by atoms with E-state index in [9.17, 15) is 9.59 Å². The molecular weight excluding hydrogens is 306 g/mol. The molecule has 24 heavy (non-hydrogen) atoms. The Balaban J connectivity index is 1.78. The summed E-state index contributed by atoms with van der Waals surface area (Å²) in [5, 5.41) is 0. The first-order valence-corrected chi connectivity index (χ1v) is 7.81. The van der Waals surface area contributed by atoms with Crippen molar-refractivity contribution >= 4 is 11.8 Å². The Hall–Kier alpha value is -2.89. The summed E-state index contributed by atoms with van der Waals surface area (Å²) < 4.78 is 5.04. The van der Waals surface area contributed by atoms with Gasteiger partial charge in [-0.05, 0) is 36.6 Å². The highest BCUT2D eigenvalue weighted by Crippen LogP contribution is 2.23. The highest BCUT2D eigenvalue weighted by molar-refractivity contribution is 5.98. The first-order valence-electron chi connectivity index (χ1n) is 7.81. The lowest BCUT2D eigenvalue weighted by molar-refractivity contribution is -0.121. The van der Waals surface area contributed by atoms with Crippen molar-refractivity contribution in [3.05, 3.63) is 48.2 Å². The standard InChI is InChI=1S/C18H19N3O3/c1-24-16-9-8-14(11-20-16)12-4-6-13(7-5-12)18(23)21-10-2-3-15(21)17(19)22/h4-9,11,15H,2-3,10H2,1H3,(H2,19,22)/t15-/m0/s1. The highest BCUT2D eigenvalue weighted by Gasteiger charge is 2.33. The van der Waals surface area contributed by atoms with Crippen molar-refractivity contribution in [2.24, 2.45) is 5.73 Å². The smallest absolute Gasteiger partial charge is 0.254 e. The Morgan fingerprint density at radius 1 is 1.17 bits per heavy atom. The summed E-state index contributed by atoms with van der Waals surface area (Å²) in [5.74, 6) is -0.0467. The van der Waals surface area contributed by atoms with Gasteiger partial charge in [0.25, 0.3) is 5.91 Å². The summed E-state index contributed by atoms with van der Waals surface area (Å²) in [6, 6.07) is 10.5. The monoisotopic (exact) mass is 325 g/mol. The normalized spacial score (nSPS) is 16.9. The van der Waals surface area contributed by atoms with Gasteiger partial charge in [0.15, 0.2) is 0 Å². The molecule has 2 amide bonds. The number of amides is 2. The van der Waals surface area contributed by atoms with Gasteiger partial charge >= 0.3 is 0 Å². The van der Waals surface area contributed by atoms with Crippen molar-refractivity contribution in [1.82, 2.24) is 9.88 Å². The van der Waals surface area contributed by atoms with Gasteiger partial charge in [-0.3, -0.25) is 9.59 Å². The number of aromatic nitrogens is 1. The van der Waals surface area contributed by atoms with Gasteiger partial charge in [-0.1, -0.05) is 12.1 Å². The molecule has 0 bridgehead atoms. The second kappa shape index (κ2) is 6.70. The number of carbonyl (C=O) groups excluding carboxylic acids is 2. The lowest BCUT2D eigenvalue weighted by atomic mass is 10.0. The van der Waals surface area contributed by atoms with Crippen molar-refractivity contribution < 1.29 is 14.3 Å². The molecular formula is C18H19N3O3. The van der Waals surface area contributed by atoms with Crippen LogP contribution in [0.15, 0.2) is 42.6 Å². The third-order valence-corrected chi connectivity index (χ3v) is 4.25. The molecule has 1 aliphatic rings. The molecule has 0 radical (unpaired) electrons. The van der Waals surface area contributed by atoms with E-state index in [4.69, 9.17) is 10.5 Å². The molecule has 2 heterocycles. The highest BCUT2D eigenvalue weighted by atomic mass is 16.5. The molecule has 0 spiro atoms. The molecule has 1 fully saturated rings. The first kappa shape index (κ1) is 16.0. The number of carbonyl (C=O) groups is 2. The van der Waals surface area contributed by atoms with Crippen molar-refractivity contribution in [1.29, 1.82) is 0 Å². The van der Waals surface area contributed by atoms with Crippen LogP contribution in [0.1, 0.15) is 23.2 Å². The zero-order valence-corrected chi connectivity index (χ0v) is 13.4. The van der Waals surface area contributed by atoms with Crippen molar-refractivity contribution in [2.75, 3.05) is 13.7 Å². The molecule has 6 nitrogen and oxygen atoms in total. The minimum atomic E-state index is -0.497. The minimum absolute atomic E-state index is 0.157. The number of ether oxygens (including phenoxy) is 1. The van der Waals surface area contributed by atoms with Gasteiger partial charge in [0, 0.05) is 29.9 Å². The zero-order valence-electron chi connectivity index (χ0n) is 13.4. The van der Waals surface area contributed by atoms with Crippen LogP contribution in [0.2, 0.25) is 0 Å². The number of benzene rings is 1. The van der Waals surface area contributed by atoms with Gasteiger partial charge in [0.1, 0.15) is 6.04 Å². The van der Waals surface area contributed by atoms with Gasteiger partial charge in [0.2, 0.25) is 11.8 Å². The molecule has 124 valence electrons. The van der Waals surface area contributed by atoms with Gasteiger partial charge in [-0.25, -0.2) is 4.98 Å². The van der Waals surface area contributed by atoms with Crippen molar-refractivity contribution in [2.45, 2.75) is 18.9 Å². The van der Waals surface area contributed by atoms with Gasteiger partial charge in [-0.2, -0.15) is 0 Å². The Morgan fingerprint density at radius 2 is 1.88 bits per heavy atom. The molecule has 6 heteroatoms. The number of primary amides is 1. The maximum absolute atomic E-state index is 12.6. The molecule has 1 atom stereocenters. The predicted molar refractivity (Wildman–Crippen MR) is 89.5 cm³/mol. The minimum Gasteiger partial charge on any atom is -0.481 e. The third kappa shape index (κ3) is 3.08. The number of rotatable bonds is 4. The van der Waals surface area contributed by atoms with E-state index in [0.29, 0.717) is 24.4 Å². The second-order valence-corrected chi connectivity index (χ2v) is 5.73. The number of likely N-dealkylation sites (tertiary alicyclic amines) is 1. The molecule has 2 aromatic rings. The lowest BCUT2D eigenvalue weighted by Crippen LogP contribution is -2.43. The lowest BCUT2D eigenvalue weighted by Gasteiger charge is -2.22. The number of pyridine rings is 1. The number of methoxy groups -OCH3 is 1. The van der Waals surface area contributed by atoms with Crippen LogP contribution in [0.5, 0.6) is 5.88 Å². The summed E-state index contributed by atoms with van der Waals surface area (Å²) in [5.41, 5.74) is 7.82. The fraction of sp³-hybridized carbons (Fsp3) is 0.278. The van der Waals surface area contributed by atoms with Crippen LogP contribution in [0.25, 0.3) is 11.1 Å².